The first-order valence-corrected chi connectivity index (χ1v) is 12.0. The summed E-state index contributed by atoms with van der Waals surface area (Å²) in [7, 11) is 2.09. The number of nitrogens with zero attached hydrogens (tertiary/aromatic N) is 2. The van der Waals surface area contributed by atoms with Gasteiger partial charge in [0.1, 0.15) is 11.9 Å². The van der Waals surface area contributed by atoms with E-state index in [9.17, 15) is 9.90 Å². The summed E-state index contributed by atoms with van der Waals surface area (Å²) < 4.78 is 23.4. The standard InChI is InChI=1S/C27H31FN2O3/c1-3-33-19-9-11-20-18(14-19)16-29(2)12-13-30-24-15-17(27(31)32)8-10-22(24)25(26(20)30)21-6-4-5-7-23(21)28/h8-11,14-15,21,23H,3-7,12-13,16H2,1-2H3,(H,31,32)/t21-,23-/m0/s1. The van der Waals surface area contributed by atoms with Crippen molar-refractivity contribution < 1.29 is 19.0 Å². The SMILES string of the molecule is CCOc1ccc2c(c1)CN(C)CCn1c-2c([C@H]2CCCC[C@@H]2F)c2ccc(C(=O)O)cc21. The van der Waals surface area contributed by atoms with Crippen molar-refractivity contribution in [2.24, 2.45) is 0 Å². The summed E-state index contributed by atoms with van der Waals surface area (Å²) in [5.74, 6) is -0.284. The van der Waals surface area contributed by atoms with Crippen LogP contribution in [-0.2, 0) is 13.1 Å². The van der Waals surface area contributed by atoms with E-state index in [1.54, 1.807) is 12.1 Å². The van der Waals surface area contributed by atoms with E-state index >= 15 is 4.39 Å². The summed E-state index contributed by atoms with van der Waals surface area (Å²) in [6.45, 7) is 4.89. The van der Waals surface area contributed by atoms with E-state index < -0.39 is 12.1 Å². The number of halogens is 1. The fourth-order valence-electron chi connectivity index (χ4n) is 5.65. The molecule has 0 saturated heterocycles. The van der Waals surface area contributed by atoms with Crippen LogP contribution in [-0.4, -0.2) is 46.9 Å². The zero-order valence-corrected chi connectivity index (χ0v) is 19.3. The van der Waals surface area contributed by atoms with Crippen LogP contribution in [0.5, 0.6) is 5.75 Å². The molecule has 3 aromatic rings. The summed E-state index contributed by atoms with van der Waals surface area (Å²) in [4.78, 5) is 14.0. The van der Waals surface area contributed by atoms with Crippen molar-refractivity contribution in [3.05, 3.63) is 53.1 Å². The van der Waals surface area contributed by atoms with E-state index in [1.807, 2.05) is 19.1 Å². The first-order chi connectivity index (χ1) is 16.0. The lowest BCUT2D eigenvalue weighted by Crippen LogP contribution is -2.26. The van der Waals surface area contributed by atoms with Gasteiger partial charge in [0.2, 0.25) is 0 Å². The molecule has 0 spiro atoms. The Bertz CT molecular complexity index is 1200. The molecule has 1 N–H and O–H groups in total. The smallest absolute Gasteiger partial charge is 0.335 e. The normalized spacial score (nSPS) is 21.2. The van der Waals surface area contributed by atoms with Crippen LogP contribution in [0.3, 0.4) is 0 Å². The topological polar surface area (TPSA) is 54.7 Å². The second-order valence-electron chi connectivity index (χ2n) is 9.35. The Balaban J connectivity index is 1.82. The molecule has 2 aromatic carbocycles. The van der Waals surface area contributed by atoms with Crippen molar-refractivity contribution in [2.75, 3.05) is 20.2 Å². The molecule has 0 amide bonds. The summed E-state index contributed by atoms with van der Waals surface area (Å²) in [5, 5.41) is 10.6. The summed E-state index contributed by atoms with van der Waals surface area (Å²) in [5.41, 5.74) is 5.48. The van der Waals surface area contributed by atoms with Crippen LogP contribution in [0.4, 0.5) is 4.39 Å². The minimum atomic E-state index is -0.945. The predicted molar refractivity (Wildman–Crippen MR) is 128 cm³/mol. The fourth-order valence-corrected chi connectivity index (χ4v) is 5.65. The van der Waals surface area contributed by atoms with E-state index in [0.717, 1.165) is 77.9 Å². The highest BCUT2D eigenvalue weighted by atomic mass is 19.1. The zero-order chi connectivity index (χ0) is 23.1. The van der Waals surface area contributed by atoms with Gasteiger partial charge in [-0.25, -0.2) is 9.18 Å². The number of aromatic carboxylic acids is 1. The molecule has 1 fully saturated rings. The lowest BCUT2D eigenvalue weighted by Gasteiger charge is -2.29. The minimum Gasteiger partial charge on any atom is -0.494 e. The number of hydrogen-bond acceptors (Lipinski definition) is 3. The van der Waals surface area contributed by atoms with Crippen LogP contribution >= 0.6 is 0 Å². The van der Waals surface area contributed by atoms with Gasteiger partial charge in [-0.3, -0.25) is 0 Å². The number of hydrogen-bond donors (Lipinski definition) is 1. The Kier molecular flexibility index (Phi) is 5.87. The average Bonchev–Trinajstić information content (AvgIpc) is 3.10. The Morgan fingerprint density at radius 1 is 1.15 bits per heavy atom. The first kappa shape index (κ1) is 22.0. The van der Waals surface area contributed by atoms with Gasteiger partial charge < -0.3 is 19.3 Å². The van der Waals surface area contributed by atoms with Gasteiger partial charge in [-0.05, 0) is 68.3 Å². The van der Waals surface area contributed by atoms with Crippen LogP contribution < -0.4 is 4.74 Å². The molecule has 2 aliphatic rings. The zero-order valence-electron chi connectivity index (χ0n) is 19.3. The number of aromatic nitrogens is 1. The van der Waals surface area contributed by atoms with Gasteiger partial charge in [0.05, 0.1) is 17.9 Å². The summed E-state index contributed by atoms with van der Waals surface area (Å²) in [6.07, 6.45) is 2.47. The van der Waals surface area contributed by atoms with Crippen molar-refractivity contribution in [3.8, 4) is 17.0 Å². The lowest BCUT2D eigenvalue weighted by molar-refractivity contribution is 0.0697. The number of carboxylic acid groups (broad SMARTS) is 1. The number of fused-ring (bicyclic) bond motifs is 5. The minimum absolute atomic E-state index is 0.176. The Morgan fingerprint density at radius 2 is 1.97 bits per heavy atom. The number of carbonyl (C=O) groups is 1. The molecule has 2 heterocycles. The maximum Gasteiger partial charge on any atom is 0.335 e. The van der Waals surface area contributed by atoms with Crippen LogP contribution in [0, 0.1) is 0 Å². The van der Waals surface area contributed by atoms with E-state index in [2.05, 4.69) is 28.6 Å². The average molecular weight is 451 g/mol. The van der Waals surface area contributed by atoms with E-state index in [1.165, 1.54) is 0 Å². The highest BCUT2D eigenvalue weighted by molar-refractivity contribution is 5.98. The first-order valence-electron chi connectivity index (χ1n) is 12.0. The van der Waals surface area contributed by atoms with Crippen molar-refractivity contribution in [1.82, 2.24) is 9.47 Å². The number of alkyl halides is 1. The van der Waals surface area contributed by atoms with Crippen molar-refractivity contribution in [1.29, 1.82) is 0 Å². The highest BCUT2D eigenvalue weighted by Gasteiger charge is 2.34. The number of benzene rings is 2. The second-order valence-corrected chi connectivity index (χ2v) is 9.35. The molecule has 6 heteroatoms. The number of likely N-dealkylation sites (N-methyl/N-ethyl adjacent to an activating group) is 1. The van der Waals surface area contributed by atoms with E-state index in [0.29, 0.717) is 13.0 Å². The molecule has 0 unspecified atom stereocenters. The van der Waals surface area contributed by atoms with Gasteiger partial charge in [0, 0.05) is 42.0 Å². The van der Waals surface area contributed by atoms with Gasteiger partial charge in [-0.2, -0.15) is 0 Å². The van der Waals surface area contributed by atoms with Crippen LogP contribution in [0.25, 0.3) is 22.2 Å². The number of carboxylic acids is 1. The molecule has 2 atom stereocenters. The molecule has 33 heavy (non-hydrogen) atoms. The molecule has 1 aromatic heterocycles. The highest BCUT2D eigenvalue weighted by Crippen LogP contribution is 2.47. The second kappa shape index (κ2) is 8.82. The fraction of sp³-hybridized carbons (Fsp3) is 0.444. The van der Waals surface area contributed by atoms with Gasteiger partial charge in [-0.1, -0.05) is 18.9 Å². The molecule has 0 bridgehead atoms. The summed E-state index contributed by atoms with van der Waals surface area (Å²) >= 11 is 0. The van der Waals surface area contributed by atoms with Crippen LogP contribution in [0.2, 0.25) is 0 Å². The monoisotopic (exact) mass is 450 g/mol. The molecule has 5 rings (SSSR count). The molecular formula is C27H31FN2O3. The van der Waals surface area contributed by atoms with Crippen LogP contribution in [0.15, 0.2) is 36.4 Å². The Hall–Kier alpha value is -2.86. The van der Waals surface area contributed by atoms with Gasteiger partial charge in [0.15, 0.2) is 0 Å². The van der Waals surface area contributed by atoms with Gasteiger partial charge >= 0.3 is 5.97 Å². The molecule has 1 aliphatic carbocycles. The van der Waals surface area contributed by atoms with E-state index in [4.69, 9.17) is 4.74 Å². The molecule has 1 aliphatic heterocycles. The molecule has 0 radical (unpaired) electrons. The molecular weight excluding hydrogens is 419 g/mol. The Morgan fingerprint density at radius 3 is 2.73 bits per heavy atom. The van der Waals surface area contributed by atoms with Crippen molar-refractivity contribution in [3.63, 3.8) is 0 Å². The quantitative estimate of drug-likeness (QED) is 0.542. The number of rotatable bonds is 4. The third kappa shape index (κ3) is 3.90. The van der Waals surface area contributed by atoms with Crippen molar-refractivity contribution >= 4 is 16.9 Å². The maximum atomic E-state index is 15.4. The van der Waals surface area contributed by atoms with Crippen molar-refractivity contribution in [2.45, 2.75) is 57.8 Å². The Labute approximate surface area is 193 Å². The van der Waals surface area contributed by atoms with Crippen LogP contribution in [0.1, 0.15) is 60.0 Å². The number of ether oxygens (including phenoxy) is 1. The maximum absolute atomic E-state index is 15.4. The van der Waals surface area contributed by atoms with Gasteiger partial charge in [0.25, 0.3) is 0 Å². The molecule has 5 nitrogen and oxygen atoms in total. The molecule has 174 valence electrons. The summed E-state index contributed by atoms with van der Waals surface area (Å²) in [6, 6.07) is 11.5. The largest absolute Gasteiger partial charge is 0.494 e. The predicted octanol–water partition coefficient (Wildman–Crippen LogP) is 5.85. The molecule has 1 saturated carbocycles. The third-order valence-corrected chi connectivity index (χ3v) is 7.19. The van der Waals surface area contributed by atoms with Gasteiger partial charge in [-0.15, -0.1) is 0 Å². The third-order valence-electron chi connectivity index (χ3n) is 7.19. The lowest BCUT2D eigenvalue weighted by atomic mass is 9.80. The van der Waals surface area contributed by atoms with E-state index in [-0.39, 0.29) is 11.5 Å².